The largest absolute Gasteiger partial charge is 0.385 e. The number of ketones is 1. The van der Waals surface area contributed by atoms with E-state index in [9.17, 15) is 9.90 Å². The number of allylic oxidation sites excluding steroid dienone is 2. The predicted molar refractivity (Wildman–Crippen MR) is 96.5 cm³/mol. The predicted octanol–water partition coefficient (Wildman–Crippen LogP) is 4.83. The average molecular weight is 328 g/mol. The first-order chi connectivity index (χ1) is 11.5. The zero-order valence-corrected chi connectivity index (χ0v) is 15.3. The smallest absolute Gasteiger partial charge is 0.155 e. The Morgan fingerprint density at radius 2 is 2.00 bits per heavy atom. The fraction of sp³-hybridized carbons (Fsp3) is 0.773. The van der Waals surface area contributed by atoms with Gasteiger partial charge in [-0.1, -0.05) is 24.6 Å². The number of hydrogen-bond donors (Lipinski definition) is 1. The molecule has 2 nitrogen and oxygen atoms in total. The monoisotopic (exact) mass is 328 g/mol. The van der Waals surface area contributed by atoms with E-state index in [1.165, 1.54) is 24.8 Å². The van der Waals surface area contributed by atoms with Gasteiger partial charge in [-0.25, -0.2) is 0 Å². The molecule has 0 spiro atoms. The summed E-state index contributed by atoms with van der Waals surface area (Å²) in [4.78, 5) is 11.8. The summed E-state index contributed by atoms with van der Waals surface area (Å²) in [5, 5.41) is 11.5. The second-order valence-electron chi connectivity index (χ2n) is 8.81. The highest BCUT2D eigenvalue weighted by molar-refractivity contribution is 5.91. The number of aliphatic hydroxyl groups is 1. The van der Waals surface area contributed by atoms with Crippen molar-refractivity contribution in [2.45, 2.75) is 77.2 Å². The highest BCUT2D eigenvalue weighted by Crippen LogP contribution is 2.66. The van der Waals surface area contributed by atoms with E-state index < -0.39 is 5.60 Å². The number of carbonyl (C=O) groups excluding carboxylic acids is 1. The first-order valence-corrected chi connectivity index (χ1v) is 10.1. The van der Waals surface area contributed by atoms with Crippen LogP contribution in [0.2, 0.25) is 0 Å². The van der Waals surface area contributed by atoms with Gasteiger partial charge in [-0.05, 0) is 88.0 Å². The van der Waals surface area contributed by atoms with Crippen LogP contribution in [0.15, 0.2) is 23.8 Å². The van der Waals surface area contributed by atoms with Crippen molar-refractivity contribution in [1.29, 1.82) is 0 Å². The normalized spacial score (nSPS) is 48.0. The van der Waals surface area contributed by atoms with E-state index in [0.717, 1.165) is 50.4 Å². The summed E-state index contributed by atoms with van der Waals surface area (Å²) in [5.74, 6) is 3.19. The molecule has 132 valence electrons. The molecule has 4 unspecified atom stereocenters. The minimum Gasteiger partial charge on any atom is -0.385 e. The lowest BCUT2D eigenvalue weighted by Crippen LogP contribution is -2.53. The maximum atomic E-state index is 11.8. The lowest BCUT2D eigenvalue weighted by Gasteiger charge is -2.56. The average Bonchev–Trinajstić information content (AvgIpc) is 2.88. The molecular formula is C22H32O2. The van der Waals surface area contributed by atoms with Crippen molar-refractivity contribution >= 4 is 5.78 Å². The van der Waals surface area contributed by atoms with Gasteiger partial charge in [-0.15, -0.1) is 0 Å². The second kappa shape index (κ2) is 5.83. The topological polar surface area (TPSA) is 37.3 Å². The van der Waals surface area contributed by atoms with Crippen LogP contribution in [0.5, 0.6) is 0 Å². The summed E-state index contributed by atoms with van der Waals surface area (Å²) in [6.45, 7) is 4.33. The van der Waals surface area contributed by atoms with E-state index in [2.05, 4.69) is 19.1 Å². The lowest BCUT2D eigenvalue weighted by molar-refractivity contribution is -0.117. The molecule has 1 N–H and O–H groups in total. The molecule has 4 aliphatic rings. The molecule has 0 aromatic rings. The summed E-state index contributed by atoms with van der Waals surface area (Å²) in [5.41, 5.74) is 0.954. The third-order valence-corrected chi connectivity index (χ3v) is 8.28. The minimum atomic E-state index is -0.592. The molecule has 0 aliphatic heterocycles. The third-order valence-electron chi connectivity index (χ3n) is 8.28. The van der Waals surface area contributed by atoms with Gasteiger partial charge in [0.15, 0.2) is 5.78 Å². The highest BCUT2D eigenvalue weighted by atomic mass is 16.3. The van der Waals surface area contributed by atoms with Crippen LogP contribution in [0.3, 0.4) is 0 Å². The number of fused-ring (bicyclic) bond motifs is 5. The van der Waals surface area contributed by atoms with Crippen LogP contribution in [0.25, 0.3) is 0 Å². The van der Waals surface area contributed by atoms with Gasteiger partial charge in [-0.2, -0.15) is 0 Å². The van der Waals surface area contributed by atoms with Crippen LogP contribution in [-0.2, 0) is 4.79 Å². The fourth-order valence-electron chi connectivity index (χ4n) is 7.32. The molecule has 0 aromatic heterocycles. The summed E-state index contributed by atoms with van der Waals surface area (Å²) in [6.07, 6.45) is 15.9. The number of hydrogen-bond acceptors (Lipinski definition) is 2. The Balaban J connectivity index is 1.66. The van der Waals surface area contributed by atoms with Gasteiger partial charge in [0, 0.05) is 11.8 Å². The summed E-state index contributed by atoms with van der Waals surface area (Å²) in [6, 6.07) is 0. The van der Waals surface area contributed by atoms with E-state index in [-0.39, 0.29) is 5.41 Å². The Hall–Kier alpha value is -0.890. The van der Waals surface area contributed by atoms with Crippen LogP contribution in [-0.4, -0.2) is 16.5 Å². The van der Waals surface area contributed by atoms with Crippen LogP contribution in [0.1, 0.15) is 71.6 Å². The molecule has 3 saturated carbocycles. The Bertz CT molecular complexity index is 589. The van der Waals surface area contributed by atoms with Crippen LogP contribution < -0.4 is 0 Å². The van der Waals surface area contributed by atoms with Gasteiger partial charge >= 0.3 is 0 Å². The van der Waals surface area contributed by atoms with E-state index in [1.807, 2.05) is 13.0 Å². The summed E-state index contributed by atoms with van der Waals surface area (Å²) in [7, 11) is 0. The lowest BCUT2D eigenvalue weighted by atomic mass is 9.49. The summed E-state index contributed by atoms with van der Waals surface area (Å²) < 4.78 is 0. The summed E-state index contributed by atoms with van der Waals surface area (Å²) >= 11 is 0. The maximum absolute atomic E-state index is 11.8. The van der Waals surface area contributed by atoms with Crippen molar-refractivity contribution in [3.63, 3.8) is 0 Å². The highest BCUT2D eigenvalue weighted by Gasteiger charge is 2.62. The van der Waals surface area contributed by atoms with Crippen molar-refractivity contribution in [3.8, 4) is 0 Å². The Kier molecular flexibility index (Phi) is 4.03. The Morgan fingerprint density at radius 3 is 2.75 bits per heavy atom. The van der Waals surface area contributed by atoms with Gasteiger partial charge in [0.05, 0.1) is 5.60 Å². The molecule has 0 heterocycles. The van der Waals surface area contributed by atoms with E-state index in [4.69, 9.17) is 0 Å². The Morgan fingerprint density at radius 1 is 1.17 bits per heavy atom. The third kappa shape index (κ3) is 2.14. The van der Waals surface area contributed by atoms with Crippen molar-refractivity contribution in [1.82, 2.24) is 0 Å². The van der Waals surface area contributed by atoms with Gasteiger partial charge in [0.25, 0.3) is 0 Å². The zero-order chi connectivity index (χ0) is 16.9. The molecule has 0 bridgehead atoms. The molecule has 4 rings (SSSR count). The number of rotatable bonds is 2. The molecule has 0 amide bonds. The van der Waals surface area contributed by atoms with Gasteiger partial charge < -0.3 is 5.11 Å². The zero-order valence-electron chi connectivity index (χ0n) is 15.3. The second-order valence-corrected chi connectivity index (χ2v) is 8.81. The minimum absolute atomic E-state index is 0.0897. The van der Waals surface area contributed by atoms with Crippen molar-refractivity contribution in [3.05, 3.63) is 23.8 Å². The number of carbonyl (C=O) groups is 1. The van der Waals surface area contributed by atoms with E-state index >= 15 is 0 Å². The Labute approximate surface area is 146 Å². The van der Waals surface area contributed by atoms with Gasteiger partial charge in [0.2, 0.25) is 0 Å². The van der Waals surface area contributed by atoms with E-state index in [0.29, 0.717) is 17.6 Å². The SMILES string of the molecule is C/C=C\[C@]1(O)CCC2C3CCC4=CC(=O)CCC4C3CC[C@@]21CC. The van der Waals surface area contributed by atoms with Gasteiger partial charge in [-0.3, -0.25) is 4.79 Å². The first kappa shape index (κ1) is 16.6. The van der Waals surface area contributed by atoms with Crippen LogP contribution >= 0.6 is 0 Å². The molecule has 2 heteroatoms. The molecule has 4 aliphatic carbocycles. The van der Waals surface area contributed by atoms with Crippen molar-refractivity contribution < 1.29 is 9.90 Å². The van der Waals surface area contributed by atoms with Gasteiger partial charge in [0.1, 0.15) is 0 Å². The molecule has 0 radical (unpaired) electrons. The molecule has 24 heavy (non-hydrogen) atoms. The quantitative estimate of drug-likeness (QED) is 0.738. The van der Waals surface area contributed by atoms with E-state index in [1.54, 1.807) is 0 Å². The molecular weight excluding hydrogens is 296 g/mol. The standard InChI is InChI=1S/C22H32O2/c1-3-11-22(24)13-10-20-19-7-5-15-14-16(23)6-8-17(15)18(19)9-12-21(20,22)4-2/h3,11,14,17-20,24H,4-10,12-13H2,1-2H3/b11-3-/t17?,18?,19?,20?,21-,22-/m0/s1. The van der Waals surface area contributed by atoms with Crippen LogP contribution in [0.4, 0.5) is 0 Å². The van der Waals surface area contributed by atoms with Crippen molar-refractivity contribution in [2.75, 3.05) is 0 Å². The fourth-order valence-corrected chi connectivity index (χ4v) is 7.32. The molecule has 6 atom stereocenters. The molecule has 0 aromatic carbocycles. The first-order valence-electron chi connectivity index (χ1n) is 10.1. The van der Waals surface area contributed by atoms with Crippen LogP contribution in [0, 0.1) is 29.1 Å². The molecule has 3 fully saturated rings. The molecule has 0 saturated heterocycles. The van der Waals surface area contributed by atoms with Crippen molar-refractivity contribution in [2.24, 2.45) is 29.1 Å². The maximum Gasteiger partial charge on any atom is 0.155 e.